The second-order valence-electron chi connectivity index (χ2n) is 3.99. The van der Waals surface area contributed by atoms with E-state index in [4.69, 9.17) is 9.05 Å². The Morgan fingerprint density at radius 2 is 1.95 bits per heavy atom. The number of benzene rings is 1. The Kier molecular flexibility index (Phi) is 4.09. The number of hydrogen-bond acceptors (Lipinski definition) is 4. The molecule has 2 aromatic rings. The Morgan fingerprint density at radius 1 is 1.30 bits per heavy atom. The summed E-state index contributed by atoms with van der Waals surface area (Å²) in [5, 5.41) is 9.65. The molecule has 0 unspecified atom stereocenters. The lowest BCUT2D eigenvalue weighted by molar-refractivity contribution is -0.131. The van der Waals surface area contributed by atoms with Gasteiger partial charge in [-0.05, 0) is 12.1 Å². The number of aromatic nitrogens is 1. The summed E-state index contributed by atoms with van der Waals surface area (Å²) >= 11 is 0. The van der Waals surface area contributed by atoms with Gasteiger partial charge < -0.3 is 19.1 Å². The number of H-pyrrole nitrogens is 1. The van der Waals surface area contributed by atoms with Crippen molar-refractivity contribution >= 4 is 30.5 Å². The van der Waals surface area contributed by atoms with Crippen molar-refractivity contribution in [3.05, 3.63) is 41.3 Å². The highest BCUT2D eigenvalue weighted by Crippen LogP contribution is 2.55. The molecule has 20 heavy (non-hydrogen) atoms. The van der Waals surface area contributed by atoms with E-state index in [9.17, 15) is 14.5 Å². The first-order chi connectivity index (χ1) is 9.51. The molecule has 1 aromatic heterocycles. The van der Waals surface area contributed by atoms with Crippen molar-refractivity contribution in [2.45, 2.75) is 0 Å². The second kappa shape index (κ2) is 5.63. The third kappa shape index (κ3) is 2.54. The fourth-order valence-electron chi connectivity index (χ4n) is 1.89. The minimum atomic E-state index is -3.82. The molecule has 0 atom stereocenters. The molecule has 0 spiro atoms. The molecule has 0 amide bonds. The summed E-state index contributed by atoms with van der Waals surface area (Å²) in [5.41, 5.74) is 1.46. The summed E-state index contributed by atoms with van der Waals surface area (Å²) in [7, 11) is -1.52. The molecule has 0 saturated heterocycles. The van der Waals surface area contributed by atoms with Crippen LogP contribution < -0.4 is 0 Å². The summed E-state index contributed by atoms with van der Waals surface area (Å²) in [5.74, 6) is -1.35. The van der Waals surface area contributed by atoms with Crippen LogP contribution in [0.4, 0.5) is 0 Å². The maximum absolute atomic E-state index is 12.3. The van der Waals surface area contributed by atoms with E-state index in [1.165, 1.54) is 6.08 Å². The summed E-state index contributed by atoms with van der Waals surface area (Å²) in [4.78, 5) is 14.3. The molecule has 2 N–H and O–H groups in total. The van der Waals surface area contributed by atoms with E-state index in [1.54, 1.807) is 6.20 Å². The molecule has 0 aliphatic rings. The van der Waals surface area contributed by atoms with E-state index < -0.39 is 18.9 Å². The first-order valence-electron chi connectivity index (χ1n) is 5.75. The van der Waals surface area contributed by atoms with Gasteiger partial charge in [-0.3, -0.25) is 4.57 Å². The van der Waals surface area contributed by atoms with Crippen molar-refractivity contribution in [3.8, 4) is 0 Å². The first-order valence-corrected chi connectivity index (χ1v) is 7.29. The number of fused-ring (bicyclic) bond motifs is 1. The summed E-state index contributed by atoms with van der Waals surface area (Å²) in [6.07, 6.45) is 2.94. The van der Waals surface area contributed by atoms with Gasteiger partial charge in [-0.15, -0.1) is 0 Å². The summed E-state index contributed by atoms with van der Waals surface area (Å²) < 4.78 is 21.7. The Labute approximate surface area is 115 Å². The van der Waals surface area contributed by atoms with Gasteiger partial charge in [0.05, 0.1) is 0 Å². The fourth-order valence-corrected chi connectivity index (χ4v) is 2.96. The average molecular weight is 295 g/mol. The highest BCUT2D eigenvalue weighted by Gasteiger charge is 2.33. The number of rotatable bonds is 5. The molecular weight excluding hydrogens is 281 g/mol. The SMILES string of the molecule is COP(=O)(OC)/C(=C\c1c[nH]c2ccccc12)C(=O)O. The molecule has 7 heteroatoms. The molecule has 1 aromatic carbocycles. The Balaban J connectivity index is 2.60. The van der Waals surface area contributed by atoms with Crippen molar-refractivity contribution in [3.63, 3.8) is 0 Å². The molecule has 106 valence electrons. The van der Waals surface area contributed by atoms with E-state index in [0.29, 0.717) is 5.56 Å². The smallest absolute Gasteiger partial charge is 0.368 e. The van der Waals surface area contributed by atoms with Gasteiger partial charge in [0.15, 0.2) is 0 Å². The van der Waals surface area contributed by atoms with E-state index in [1.807, 2.05) is 24.3 Å². The van der Waals surface area contributed by atoms with Gasteiger partial charge in [0.1, 0.15) is 5.31 Å². The standard InChI is InChI=1S/C13H14NO5P/c1-18-20(17,19-2)12(13(15)16)7-9-8-14-11-6-4-3-5-10(9)11/h3-8,14H,1-2H3,(H,15,16)/b12-7-. The molecule has 6 nitrogen and oxygen atoms in total. The minimum Gasteiger partial charge on any atom is -0.477 e. The Morgan fingerprint density at radius 3 is 2.55 bits per heavy atom. The lowest BCUT2D eigenvalue weighted by Crippen LogP contribution is -2.04. The van der Waals surface area contributed by atoms with Crippen LogP contribution in [0.15, 0.2) is 35.8 Å². The molecule has 0 bridgehead atoms. The van der Waals surface area contributed by atoms with Crippen LogP contribution in [0.1, 0.15) is 5.56 Å². The van der Waals surface area contributed by atoms with Crippen LogP contribution in [0.3, 0.4) is 0 Å². The summed E-state index contributed by atoms with van der Waals surface area (Å²) in [6, 6.07) is 7.39. The van der Waals surface area contributed by atoms with Crippen LogP contribution in [-0.4, -0.2) is 30.3 Å². The second-order valence-corrected chi connectivity index (χ2v) is 6.19. The monoisotopic (exact) mass is 295 g/mol. The number of carboxylic acids is 1. The number of nitrogens with one attached hydrogen (secondary N) is 1. The zero-order valence-electron chi connectivity index (χ0n) is 11.0. The van der Waals surface area contributed by atoms with Crippen molar-refractivity contribution in [2.75, 3.05) is 14.2 Å². The molecule has 0 aliphatic carbocycles. The predicted octanol–water partition coefficient (Wildman–Crippen LogP) is 3.08. The maximum Gasteiger partial charge on any atom is 0.368 e. The predicted molar refractivity (Wildman–Crippen MR) is 75.5 cm³/mol. The molecular formula is C13H14NO5P. The van der Waals surface area contributed by atoms with Gasteiger partial charge in [0.2, 0.25) is 0 Å². The molecule has 2 rings (SSSR count). The van der Waals surface area contributed by atoms with Crippen LogP contribution in [0.5, 0.6) is 0 Å². The van der Waals surface area contributed by atoms with Crippen LogP contribution >= 0.6 is 7.60 Å². The minimum absolute atomic E-state index is 0.410. The average Bonchev–Trinajstić information content (AvgIpc) is 2.87. The molecule has 0 radical (unpaired) electrons. The lowest BCUT2D eigenvalue weighted by atomic mass is 10.1. The summed E-state index contributed by atoms with van der Waals surface area (Å²) in [6.45, 7) is 0. The highest BCUT2D eigenvalue weighted by atomic mass is 31.2. The maximum atomic E-state index is 12.3. The number of aliphatic carboxylic acids is 1. The van der Waals surface area contributed by atoms with Gasteiger partial charge >= 0.3 is 13.6 Å². The highest BCUT2D eigenvalue weighted by molar-refractivity contribution is 7.60. The van der Waals surface area contributed by atoms with Crippen LogP contribution in [0.25, 0.3) is 17.0 Å². The van der Waals surface area contributed by atoms with Crippen LogP contribution in [0.2, 0.25) is 0 Å². The molecule has 0 fully saturated rings. The van der Waals surface area contributed by atoms with Gasteiger partial charge in [-0.1, -0.05) is 18.2 Å². The number of aromatic amines is 1. The Hall–Kier alpha value is -1.88. The van der Waals surface area contributed by atoms with Gasteiger partial charge in [0, 0.05) is 36.9 Å². The van der Waals surface area contributed by atoms with Crippen LogP contribution in [0, 0.1) is 0 Å². The van der Waals surface area contributed by atoms with Crippen molar-refractivity contribution in [1.29, 1.82) is 0 Å². The largest absolute Gasteiger partial charge is 0.477 e. The normalized spacial score (nSPS) is 12.8. The van der Waals surface area contributed by atoms with E-state index in [0.717, 1.165) is 25.1 Å². The third-order valence-corrected chi connectivity index (χ3v) is 4.78. The van der Waals surface area contributed by atoms with Crippen LogP contribution in [-0.2, 0) is 18.4 Å². The van der Waals surface area contributed by atoms with E-state index in [-0.39, 0.29) is 0 Å². The number of para-hydroxylation sites is 1. The Bertz CT molecular complexity index is 710. The van der Waals surface area contributed by atoms with E-state index >= 15 is 0 Å². The fraction of sp³-hybridized carbons (Fsp3) is 0.154. The van der Waals surface area contributed by atoms with Gasteiger partial charge in [0.25, 0.3) is 0 Å². The lowest BCUT2D eigenvalue weighted by Gasteiger charge is -2.13. The number of carboxylic acid groups (broad SMARTS) is 1. The van der Waals surface area contributed by atoms with Gasteiger partial charge in [-0.2, -0.15) is 0 Å². The van der Waals surface area contributed by atoms with Crippen molar-refractivity contribution < 1.29 is 23.5 Å². The molecule has 1 heterocycles. The molecule has 0 aliphatic heterocycles. The zero-order valence-corrected chi connectivity index (χ0v) is 11.9. The topological polar surface area (TPSA) is 88.6 Å². The third-order valence-electron chi connectivity index (χ3n) is 2.91. The van der Waals surface area contributed by atoms with Crippen molar-refractivity contribution in [1.82, 2.24) is 4.98 Å². The van der Waals surface area contributed by atoms with Crippen molar-refractivity contribution in [2.24, 2.45) is 0 Å². The van der Waals surface area contributed by atoms with Gasteiger partial charge in [-0.25, -0.2) is 4.79 Å². The zero-order chi connectivity index (χ0) is 14.8. The quantitative estimate of drug-likeness (QED) is 0.653. The number of carbonyl (C=O) groups is 1. The number of hydrogen-bond donors (Lipinski definition) is 2. The first kappa shape index (κ1) is 14.5. The molecule has 0 saturated carbocycles. The van der Waals surface area contributed by atoms with E-state index in [2.05, 4.69) is 4.98 Å².